The molecule has 0 radical (unpaired) electrons. The summed E-state index contributed by atoms with van der Waals surface area (Å²) in [6, 6.07) is 5.10. The van der Waals surface area contributed by atoms with Gasteiger partial charge in [0.05, 0.1) is 23.3 Å². The van der Waals surface area contributed by atoms with Crippen molar-refractivity contribution < 1.29 is 13.2 Å². The van der Waals surface area contributed by atoms with Crippen LogP contribution < -0.4 is 16.4 Å². The third-order valence-electron chi connectivity index (χ3n) is 5.51. The molecule has 1 aromatic carbocycles. The molecule has 0 spiro atoms. The van der Waals surface area contributed by atoms with Crippen molar-refractivity contribution in [1.82, 2.24) is 15.0 Å². The highest BCUT2D eigenvalue weighted by Crippen LogP contribution is 2.37. The molecule has 6 nitrogen and oxygen atoms in total. The highest BCUT2D eigenvalue weighted by atomic mass is 19.4. The van der Waals surface area contributed by atoms with Gasteiger partial charge in [-0.1, -0.05) is 6.42 Å². The first-order chi connectivity index (χ1) is 14.2. The van der Waals surface area contributed by atoms with Crippen LogP contribution in [0.3, 0.4) is 0 Å². The predicted molar refractivity (Wildman–Crippen MR) is 111 cm³/mol. The smallest absolute Gasteiger partial charge is 0.399 e. The van der Waals surface area contributed by atoms with Gasteiger partial charge in [-0.3, -0.25) is 4.98 Å². The minimum Gasteiger partial charge on any atom is -0.399 e. The van der Waals surface area contributed by atoms with Crippen LogP contribution in [0.2, 0.25) is 0 Å². The Hall–Kier alpha value is -3.10. The van der Waals surface area contributed by atoms with Gasteiger partial charge in [-0.25, -0.2) is 4.98 Å². The molecule has 0 bridgehead atoms. The van der Waals surface area contributed by atoms with E-state index < -0.39 is 17.8 Å². The number of alkyl halides is 3. The Balaban J connectivity index is 1.72. The number of nitrogens with one attached hydrogen (secondary N) is 2. The molecule has 0 amide bonds. The molecule has 1 aliphatic carbocycles. The number of anilines is 3. The Morgan fingerprint density at radius 1 is 1.13 bits per heavy atom. The summed E-state index contributed by atoms with van der Waals surface area (Å²) in [6.07, 6.45) is 0.670. The molecule has 1 atom stereocenters. The second-order valence-corrected chi connectivity index (χ2v) is 7.65. The minimum absolute atomic E-state index is 0.0633. The third-order valence-corrected chi connectivity index (χ3v) is 5.51. The van der Waals surface area contributed by atoms with Crippen LogP contribution in [-0.4, -0.2) is 22.0 Å². The van der Waals surface area contributed by atoms with E-state index in [0.29, 0.717) is 28.8 Å². The van der Waals surface area contributed by atoms with Crippen molar-refractivity contribution in [3.63, 3.8) is 0 Å². The predicted octanol–water partition coefficient (Wildman–Crippen LogP) is 5.11. The number of nitrogens with zero attached hydrogens (tertiary/aromatic N) is 3. The van der Waals surface area contributed by atoms with E-state index >= 15 is 0 Å². The second-order valence-electron chi connectivity index (χ2n) is 7.65. The van der Waals surface area contributed by atoms with Gasteiger partial charge >= 0.3 is 6.18 Å². The Kier molecular flexibility index (Phi) is 5.13. The quantitative estimate of drug-likeness (QED) is 0.501. The first-order valence-electron chi connectivity index (χ1n) is 9.84. The van der Waals surface area contributed by atoms with Crippen LogP contribution >= 0.6 is 0 Å². The van der Waals surface area contributed by atoms with Gasteiger partial charge in [0.1, 0.15) is 5.82 Å². The van der Waals surface area contributed by atoms with E-state index in [9.17, 15) is 13.2 Å². The SMILES string of the molecule is CNc1nc(N[C@H](C)c2cc(N)cc(C(F)(F)F)c2)c2cc(C3CCC3)ncc2n1. The lowest BCUT2D eigenvalue weighted by molar-refractivity contribution is -0.137. The van der Waals surface area contributed by atoms with Gasteiger partial charge in [-0.2, -0.15) is 18.2 Å². The number of nitrogens with two attached hydrogens (primary N) is 1. The monoisotopic (exact) mass is 416 g/mol. The average molecular weight is 416 g/mol. The van der Waals surface area contributed by atoms with Crippen LogP contribution in [0.5, 0.6) is 0 Å². The standard InChI is InChI=1S/C21H23F3N6/c1-11(13-6-14(21(22,23)24)8-15(25)7-13)28-19-16-9-17(12-4-3-5-12)27-10-18(16)29-20(26-2)30-19/h6-12H,3-5,25H2,1-2H3,(H2,26,28,29,30)/t11-/m1/s1. The Labute approximate surface area is 172 Å². The molecule has 30 heavy (non-hydrogen) atoms. The fraction of sp³-hybridized carbons (Fsp3) is 0.381. The van der Waals surface area contributed by atoms with Gasteiger partial charge in [0.25, 0.3) is 0 Å². The molecular weight excluding hydrogens is 393 g/mol. The van der Waals surface area contributed by atoms with Crippen molar-refractivity contribution >= 4 is 28.4 Å². The maximum Gasteiger partial charge on any atom is 0.416 e. The van der Waals surface area contributed by atoms with Crippen LogP contribution in [0.1, 0.15) is 55.0 Å². The molecule has 0 unspecified atom stereocenters. The number of rotatable bonds is 5. The highest BCUT2D eigenvalue weighted by molar-refractivity contribution is 5.90. The number of fused-ring (bicyclic) bond motifs is 1. The van der Waals surface area contributed by atoms with E-state index in [4.69, 9.17) is 5.73 Å². The van der Waals surface area contributed by atoms with Crippen molar-refractivity contribution in [3.8, 4) is 0 Å². The van der Waals surface area contributed by atoms with E-state index in [0.717, 1.165) is 36.1 Å². The number of benzene rings is 1. The van der Waals surface area contributed by atoms with Crippen molar-refractivity contribution in [1.29, 1.82) is 0 Å². The van der Waals surface area contributed by atoms with Crippen molar-refractivity contribution in [3.05, 3.63) is 47.3 Å². The number of nitrogen functional groups attached to an aromatic ring is 1. The third kappa shape index (κ3) is 3.96. The summed E-state index contributed by atoms with van der Waals surface area (Å²) in [5.74, 6) is 1.38. The van der Waals surface area contributed by atoms with Crippen molar-refractivity contribution in [2.45, 2.75) is 44.3 Å². The number of halogens is 3. The van der Waals surface area contributed by atoms with E-state index in [2.05, 4.69) is 25.6 Å². The average Bonchev–Trinajstić information content (AvgIpc) is 2.65. The number of hydrogen-bond donors (Lipinski definition) is 3. The molecule has 2 heterocycles. The summed E-state index contributed by atoms with van der Waals surface area (Å²) in [4.78, 5) is 13.5. The maximum atomic E-state index is 13.2. The molecule has 4 rings (SSSR count). The van der Waals surface area contributed by atoms with Gasteiger partial charge in [0, 0.05) is 29.7 Å². The summed E-state index contributed by atoms with van der Waals surface area (Å²) in [5.41, 5.74) is 7.10. The Bertz CT molecular complexity index is 1080. The van der Waals surface area contributed by atoms with Crippen molar-refractivity contribution in [2.24, 2.45) is 0 Å². The van der Waals surface area contributed by atoms with E-state index in [1.807, 2.05) is 6.07 Å². The van der Waals surface area contributed by atoms with Crippen LogP contribution in [0, 0.1) is 0 Å². The normalized spacial score (nSPS) is 15.6. The zero-order valence-electron chi connectivity index (χ0n) is 16.7. The molecular formula is C21H23F3N6. The molecule has 2 aromatic heterocycles. The van der Waals surface area contributed by atoms with Crippen LogP contribution in [-0.2, 0) is 6.18 Å². The van der Waals surface area contributed by atoms with Crippen LogP contribution in [0.15, 0.2) is 30.5 Å². The molecule has 1 fully saturated rings. The summed E-state index contributed by atoms with van der Waals surface area (Å²) in [6.45, 7) is 1.77. The second kappa shape index (κ2) is 7.62. The Morgan fingerprint density at radius 3 is 2.53 bits per heavy atom. The van der Waals surface area contributed by atoms with Gasteiger partial charge in [-0.15, -0.1) is 0 Å². The van der Waals surface area contributed by atoms with E-state index in [1.165, 1.54) is 12.5 Å². The van der Waals surface area contributed by atoms with Crippen LogP contribution in [0.25, 0.3) is 10.9 Å². The first kappa shape index (κ1) is 20.2. The van der Waals surface area contributed by atoms with E-state index in [-0.39, 0.29) is 5.69 Å². The summed E-state index contributed by atoms with van der Waals surface area (Å²) in [7, 11) is 1.71. The van der Waals surface area contributed by atoms with Gasteiger partial charge in [0.15, 0.2) is 0 Å². The maximum absolute atomic E-state index is 13.2. The summed E-state index contributed by atoms with van der Waals surface area (Å²) in [5, 5.41) is 6.94. The molecule has 0 aliphatic heterocycles. The van der Waals surface area contributed by atoms with Gasteiger partial charge < -0.3 is 16.4 Å². The zero-order valence-corrected chi connectivity index (χ0v) is 16.7. The zero-order chi connectivity index (χ0) is 21.5. The Morgan fingerprint density at radius 2 is 1.90 bits per heavy atom. The molecule has 9 heteroatoms. The lowest BCUT2D eigenvalue weighted by atomic mass is 9.82. The molecule has 1 saturated carbocycles. The lowest BCUT2D eigenvalue weighted by Gasteiger charge is -2.25. The lowest BCUT2D eigenvalue weighted by Crippen LogP contribution is -2.14. The minimum atomic E-state index is -4.46. The van der Waals surface area contributed by atoms with E-state index in [1.54, 1.807) is 20.2 Å². The molecule has 3 aromatic rings. The largest absolute Gasteiger partial charge is 0.416 e. The topological polar surface area (TPSA) is 88.8 Å². The van der Waals surface area contributed by atoms with Gasteiger partial charge in [0.2, 0.25) is 5.95 Å². The molecule has 4 N–H and O–H groups in total. The highest BCUT2D eigenvalue weighted by Gasteiger charge is 2.31. The first-order valence-corrected chi connectivity index (χ1v) is 9.84. The fourth-order valence-corrected chi connectivity index (χ4v) is 3.58. The number of pyridine rings is 1. The van der Waals surface area contributed by atoms with Gasteiger partial charge in [-0.05, 0) is 49.6 Å². The van der Waals surface area contributed by atoms with Crippen molar-refractivity contribution in [2.75, 3.05) is 23.4 Å². The molecule has 1 aliphatic rings. The summed E-state index contributed by atoms with van der Waals surface area (Å²) >= 11 is 0. The molecule has 158 valence electrons. The summed E-state index contributed by atoms with van der Waals surface area (Å²) < 4.78 is 39.6. The fourth-order valence-electron chi connectivity index (χ4n) is 3.58. The number of aromatic nitrogens is 3. The molecule has 0 saturated heterocycles. The number of hydrogen-bond acceptors (Lipinski definition) is 6. The van der Waals surface area contributed by atoms with Crippen LogP contribution in [0.4, 0.5) is 30.6 Å².